The first kappa shape index (κ1) is 15.4. The lowest BCUT2D eigenvalue weighted by Crippen LogP contribution is -2.28. The van der Waals surface area contributed by atoms with E-state index in [-0.39, 0.29) is 0 Å². The van der Waals surface area contributed by atoms with Gasteiger partial charge in [-0.25, -0.2) is 9.97 Å². The predicted octanol–water partition coefficient (Wildman–Crippen LogP) is 3.91. The molecule has 1 aliphatic heterocycles. The molecule has 6 heteroatoms. The third kappa shape index (κ3) is 3.07. The summed E-state index contributed by atoms with van der Waals surface area (Å²) in [6, 6.07) is 8.30. The fourth-order valence-electron chi connectivity index (χ4n) is 3.18. The molecule has 4 rings (SSSR count). The maximum Gasteiger partial charge on any atom is 0.188 e. The van der Waals surface area contributed by atoms with Crippen LogP contribution >= 0.6 is 11.3 Å². The second-order valence-electron chi connectivity index (χ2n) is 5.99. The predicted molar refractivity (Wildman–Crippen MR) is 98.5 cm³/mol. The largest absolute Gasteiger partial charge is 0.497 e. The van der Waals surface area contributed by atoms with Crippen LogP contribution in [0.4, 0.5) is 10.9 Å². The summed E-state index contributed by atoms with van der Waals surface area (Å²) in [5.41, 5.74) is 1.13. The molecule has 24 heavy (non-hydrogen) atoms. The van der Waals surface area contributed by atoms with Gasteiger partial charge in [0.15, 0.2) is 5.13 Å². The van der Waals surface area contributed by atoms with E-state index in [0.29, 0.717) is 5.92 Å². The van der Waals surface area contributed by atoms with Crippen LogP contribution < -0.4 is 15.4 Å². The third-order valence-electron chi connectivity index (χ3n) is 4.43. The third-order valence-corrected chi connectivity index (χ3v) is 5.12. The fraction of sp³-hybridized carbons (Fsp3) is 0.333. The summed E-state index contributed by atoms with van der Waals surface area (Å²) in [6.07, 6.45) is 4.16. The summed E-state index contributed by atoms with van der Waals surface area (Å²) in [7, 11) is 1.70. The van der Waals surface area contributed by atoms with Gasteiger partial charge in [-0.2, -0.15) is 0 Å². The zero-order valence-corrected chi connectivity index (χ0v) is 14.4. The number of hydrogen-bond donors (Lipinski definition) is 2. The van der Waals surface area contributed by atoms with Gasteiger partial charge in [0.1, 0.15) is 11.6 Å². The van der Waals surface area contributed by atoms with Gasteiger partial charge in [0.2, 0.25) is 0 Å². The van der Waals surface area contributed by atoms with Gasteiger partial charge in [-0.05, 0) is 49.0 Å². The zero-order chi connectivity index (χ0) is 16.4. The molecule has 2 aromatic heterocycles. The van der Waals surface area contributed by atoms with E-state index in [0.717, 1.165) is 46.3 Å². The van der Waals surface area contributed by atoms with Crippen LogP contribution in [0.5, 0.6) is 5.75 Å². The Labute approximate surface area is 145 Å². The number of fused-ring (bicyclic) bond motifs is 1. The summed E-state index contributed by atoms with van der Waals surface area (Å²) in [4.78, 5) is 9.25. The SMILES string of the molecule is COc1ccc2c(Nc3nccs3)nc([C@@H]3CCCNC3)cc2c1. The monoisotopic (exact) mass is 340 g/mol. The molecular weight excluding hydrogens is 320 g/mol. The van der Waals surface area contributed by atoms with Gasteiger partial charge in [-0.3, -0.25) is 0 Å². The second kappa shape index (κ2) is 6.75. The van der Waals surface area contributed by atoms with Gasteiger partial charge < -0.3 is 15.4 Å². The van der Waals surface area contributed by atoms with Crippen LogP contribution in [0.2, 0.25) is 0 Å². The molecule has 124 valence electrons. The van der Waals surface area contributed by atoms with Crippen molar-refractivity contribution in [2.75, 3.05) is 25.5 Å². The van der Waals surface area contributed by atoms with Crippen molar-refractivity contribution in [2.24, 2.45) is 0 Å². The van der Waals surface area contributed by atoms with Crippen molar-refractivity contribution in [1.82, 2.24) is 15.3 Å². The molecule has 3 heterocycles. The summed E-state index contributed by atoms with van der Waals surface area (Å²) in [6.45, 7) is 2.08. The van der Waals surface area contributed by atoms with E-state index in [1.165, 1.54) is 12.8 Å². The Morgan fingerprint density at radius 1 is 1.33 bits per heavy atom. The van der Waals surface area contributed by atoms with Crippen molar-refractivity contribution >= 4 is 33.1 Å². The maximum atomic E-state index is 5.39. The van der Waals surface area contributed by atoms with Gasteiger partial charge in [0, 0.05) is 35.1 Å². The fourth-order valence-corrected chi connectivity index (χ4v) is 3.71. The highest BCUT2D eigenvalue weighted by Crippen LogP contribution is 2.32. The van der Waals surface area contributed by atoms with Gasteiger partial charge in [-0.15, -0.1) is 11.3 Å². The van der Waals surface area contributed by atoms with Gasteiger partial charge in [0.05, 0.1) is 7.11 Å². The van der Waals surface area contributed by atoms with Crippen LogP contribution in [-0.4, -0.2) is 30.2 Å². The van der Waals surface area contributed by atoms with Crippen LogP contribution in [0, 0.1) is 0 Å². The molecule has 5 nitrogen and oxygen atoms in total. The molecular formula is C18H20N4OS. The minimum absolute atomic E-state index is 0.450. The van der Waals surface area contributed by atoms with E-state index in [9.17, 15) is 0 Å². The number of rotatable bonds is 4. The number of hydrogen-bond acceptors (Lipinski definition) is 6. The smallest absolute Gasteiger partial charge is 0.188 e. The van der Waals surface area contributed by atoms with Crippen molar-refractivity contribution in [3.63, 3.8) is 0 Å². The molecule has 0 radical (unpaired) electrons. The molecule has 0 bridgehead atoms. The van der Waals surface area contributed by atoms with Gasteiger partial charge in [-0.1, -0.05) is 0 Å². The number of anilines is 2. The normalized spacial score (nSPS) is 17.8. The molecule has 1 fully saturated rings. The number of thiazole rings is 1. The maximum absolute atomic E-state index is 5.39. The molecule has 1 atom stereocenters. The quantitative estimate of drug-likeness (QED) is 0.754. The Bertz CT molecular complexity index is 828. The average Bonchev–Trinajstić information content (AvgIpc) is 3.15. The number of pyridine rings is 1. The number of aromatic nitrogens is 2. The topological polar surface area (TPSA) is 59.1 Å². The molecule has 1 aliphatic rings. The summed E-state index contributed by atoms with van der Waals surface area (Å²) < 4.78 is 5.39. The summed E-state index contributed by atoms with van der Waals surface area (Å²) >= 11 is 1.58. The number of nitrogens with zero attached hydrogens (tertiary/aromatic N) is 2. The molecule has 0 aliphatic carbocycles. The minimum Gasteiger partial charge on any atom is -0.497 e. The van der Waals surface area contributed by atoms with Crippen LogP contribution in [0.25, 0.3) is 10.8 Å². The molecule has 2 N–H and O–H groups in total. The highest BCUT2D eigenvalue weighted by Gasteiger charge is 2.19. The van der Waals surface area contributed by atoms with Crippen molar-refractivity contribution in [3.8, 4) is 5.75 Å². The molecule has 1 aromatic carbocycles. The van der Waals surface area contributed by atoms with Crippen molar-refractivity contribution < 1.29 is 4.74 Å². The summed E-state index contributed by atoms with van der Waals surface area (Å²) in [5.74, 6) is 2.18. The van der Waals surface area contributed by atoms with Crippen LogP contribution in [0.15, 0.2) is 35.8 Å². The minimum atomic E-state index is 0.450. The molecule has 1 saturated heterocycles. The van der Waals surface area contributed by atoms with E-state index in [1.54, 1.807) is 24.6 Å². The van der Waals surface area contributed by atoms with E-state index in [4.69, 9.17) is 9.72 Å². The number of methoxy groups -OCH3 is 1. The first-order valence-electron chi connectivity index (χ1n) is 8.19. The molecule has 0 unspecified atom stereocenters. The lowest BCUT2D eigenvalue weighted by molar-refractivity contribution is 0.415. The highest BCUT2D eigenvalue weighted by molar-refractivity contribution is 7.13. The van der Waals surface area contributed by atoms with Crippen LogP contribution in [0.3, 0.4) is 0 Å². The second-order valence-corrected chi connectivity index (χ2v) is 6.88. The number of ether oxygens (including phenoxy) is 1. The Balaban J connectivity index is 1.80. The Morgan fingerprint density at radius 2 is 2.29 bits per heavy atom. The van der Waals surface area contributed by atoms with Gasteiger partial charge >= 0.3 is 0 Å². The number of nitrogens with one attached hydrogen (secondary N) is 2. The lowest BCUT2D eigenvalue weighted by Gasteiger charge is -2.23. The lowest BCUT2D eigenvalue weighted by atomic mass is 9.94. The zero-order valence-electron chi connectivity index (χ0n) is 13.6. The Hall–Kier alpha value is -2.18. The van der Waals surface area contributed by atoms with E-state index in [2.05, 4.69) is 33.8 Å². The molecule has 0 spiro atoms. The standard InChI is InChI=1S/C18H20N4OS/c1-23-14-4-5-15-13(9-14)10-16(12-3-2-6-19-11-12)21-17(15)22-18-20-7-8-24-18/h4-5,7-10,12,19H,2-3,6,11H2,1H3,(H,20,21,22)/t12-/m1/s1. The number of benzene rings is 1. The number of piperidine rings is 1. The van der Waals surface area contributed by atoms with E-state index < -0.39 is 0 Å². The Morgan fingerprint density at radius 3 is 3.04 bits per heavy atom. The summed E-state index contributed by atoms with van der Waals surface area (Å²) in [5, 5.41) is 11.9. The van der Waals surface area contributed by atoms with Gasteiger partial charge in [0.25, 0.3) is 0 Å². The molecule has 3 aromatic rings. The van der Waals surface area contributed by atoms with Crippen molar-refractivity contribution in [1.29, 1.82) is 0 Å². The molecule has 0 saturated carbocycles. The first-order valence-corrected chi connectivity index (χ1v) is 9.07. The highest BCUT2D eigenvalue weighted by atomic mass is 32.1. The Kier molecular flexibility index (Phi) is 4.32. The van der Waals surface area contributed by atoms with Crippen LogP contribution in [-0.2, 0) is 0 Å². The van der Waals surface area contributed by atoms with E-state index >= 15 is 0 Å². The van der Waals surface area contributed by atoms with Crippen molar-refractivity contribution in [3.05, 3.63) is 41.5 Å². The molecule has 0 amide bonds. The average molecular weight is 340 g/mol. The van der Waals surface area contributed by atoms with E-state index in [1.807, 2.05) is 11.4 Å². The van der Waals surface area contributed by atoms with Crippen LogP contribution in [0.1, 0.15) is 24.5 Å². The first-order chi connectivity index (χ1) is 11.8. The van der Waals surface area contributed by atoms with Crippen molar-refractivity contribution in [2.45, 2.75) is 18.8 Å².